The second kappa shape index (κ2) is 8.60. The topological polar surface area (TPSA) is 128 Å². The van der Waals surface area contributed by atoms with Gasteiger partial charge in [0.1, 0.15) is 11.4 Å². The first-order valence-electron chi connectivity index (χ1n) is 10.8. The third kappa shape index (κ3) is 3.75. The summed E-state index contributed by atoms with van der Waals surface area (Å²) in [6, 6.07) is 8.97. The van der Waals surface area contributed by atoms with Gasteiger partial charge >= 0.3 is 0 Å². The first-order valence-corrected chi connectivity index (χ1v) is 10.8. The van der Waals surface area contributed by atoms with Gasteiger partial charge in [-0.25, -0.2) is 14.5 Å². The van der Waals surface area contributed by atoms with E-state index in [0.29, 0.717) is 41.3 Å². The van der Waals surface area contributed by atoms with Gasteiger partial charge in [0.2, 0.25) is 5.95 Å². The summed E-state index contributed by atoms with van der Waals surface area (Å²) in [5.74, 6) is 0.585. The van der Waals surface area contributed by atoms with E-state index in [0.717, 1.165) is 24.2 Å². The average Bonchev–Trinajstić information content (AvgIpc) is 3.28. The Bertz CT molecular complexity index is 1380. The predicted octanol–water partition coefficient (Wildman–Crippen LogP) is 2.71. The Morgan fingerprint density at radius 3 is 2.62 bits per heavy atom. The number of hydrogen-bond acceptors (Lipinski definition) is 9. The molecule has 0 amide bonds. The fraction of sp³-hybridized carbons (Fsp3) is 0.261. The average molecular weight is 460 g/mol. The molecule has 1 aliphatic heterocycles. The van der Waals surface area contributed by atoms with Crippen molar-refractivity contribution < 1.29 is 9.66 Å². The Labute approximate surface area is 195 Å². The monoisotopic (exact) mass is 460 g/mol. The summed E-state index contributed by atoms with van der Waals surface area (Å²) in [6.45, 7) is 3.04. The number of fused-ring (bicyclic) bond motifs is 1. The smallest absolute Gasteiger partial charge is 0.293 e. The lowest BCUT2D eigenvalue weighted by molar-refractivity contribution is -0.384. The molecule has 5 rings (SSSR count). The molecule has 0 unspecified atom stereocenters. The lowest BCUT2D eigenvalue weighted by Crippen LogP contribution is -2.44. The Kier molecular flexibility index (Phi) is 5.46. The highest BCUT2D eigenvalue weighted by molar-refractivity contribution is 5.91. The molecule has 0 spiro atoms. The molecule has 1 saturated heterocycles. The van der Waals surface area contributed by atoms with Crippen LogP contribution in [0.5, 0.6) is 5.75 Å². The molecule has 34 heavy (non-hydrogen) atoms. The maximum atomic E-state index is 12.1. The molecule has 0 bridgehead atoms. The van der Waals surface area contributed by atoms with Crippen LogP contribution in [0.25, 0.3) is 27.9 Å². The SMILES string of the molecule is COc1cc(N2CCN(C)CC2)c([N+](=O)[O-])cc1-c1cnc(N)nc1-c1cnn2ccccc12. The van der Waals surface area contributed by atoms with Crippen molar-refractivity contribution in [2.45, 2.75) is 0 Å². The van der Waals surface area contributed by atoms with E-state index in [1.807, 2.05) is 36.3 Å². The minimum absolute atomic E-state index is 0.00277. The summed E-state index contributed by atoms with van der Waals surface area (Å²) >= 11 is 0. The van der Waals surface area contributed by atoms with Crippen LogP contribution in [0.15, 0.2) is 48.9 Å². The van der Waals surface area contributed by atoms with Crippen LogP contribution in [0.4, 0.5) is 17.3 Å². The van der Waals surface area contributed by atoms with Crippen molar-refractivity contribution in [3.8, 4) is 28.1 Å². The van der Waals surface area contributed by atoms with Gasteiger partial charge in [0, 0.05) is 67.4 Å². The largest absolute Gasteiger partial charge is 0.496 e. The van der Waals surface area contributed by atoms with Crippen molar-refractivity contribution in [2.24, 2.45) is 0 Å². The molecule has 2 N–H and O–H groups in total. The molecule has 0 aliphatic carbocycles. The van der Waals surface area contributed by atoms with E-state index >= 15 is 0 Å². The molecule has 3 aromatic heterocycles. The lowest BCUT2D eigenvalue weighted by Gasteiger charge is -2.34. The van der Waals surface area contributed by atoms with Crippen LogP contribution in [0.1, 0.15) is 0 Å². The standard InChI is InChI=1S/C23H24N8O3/c1-28-7-9-29(10-8-28)19-12-21(34-2)15(11-20(19)31(32)33)16-13-25-23(24)27-22(16)17-14-26-30-6-4-3-5-18(17)30/h3-6,11-14H,7-10H2,1-2H3,(H2,24,25,27). The Balaban J connectivity index is 1.70. The van der Waals surface area contributed by atoms with Gasteiger partial charge in [-0.1, -0.05) is 6.07 Å². The number of nitrogens with zero attached hydrogens (tertiary/aromatic N) is 7. The molecule has 11 heteroatoms. The third-order valence-electron chi connectivity index (χ3n) is 6.12. The van der Waals surface area contributed by atoms with Crippen LogP contribution in [0.3, 0.4) is 0 Å². The van der Waals surface area contributed by atoms with Gasteiger partial charge in [0.15, 0.2) is 0 Å². The quantitative estimate of drug-likeness (QED) is 0.353. The summed E-state index contributed by atoms with van der Waals surface area (Å²) in [5.41, 5.74) is 9.63. The van der Waals surface area contributed by atoms with Crippen LogP contribution in [-0.4, -0.2) is 69.7 Å². The zero-order valence-corrected chi connectivity index (χ0v) is 18.9. The number of nitrogen functional groups attached to an aromatic ring is 1. The first-order chi connectivity index (χ1) is 16.5. The Morgan fingerprint density at radius 2 is 1.88 bits per heavy atom. The Hall–Kier alpha value is -4.25. The molecule has 1 fully saturated rings. The number of nitro groups is 1. The van der Waals surface area contributed by atoms with Crippen molar-refractivity contribution in [2.75, 3.05) is 51.0 Å². The molecule has 174 valence electrons. The molecule has 1 aromatic carbocycles. The van der Waals surface area contributed by atoms with E-state index in [1.165, 1.54) is 6.07 Å². The second-order valence-corrected chi connectivity index (χ2v) is 8.17. The van der Waals surface area contributed by atoms with Gasteiger partial charge in [-0.05, 0) is 19.2 Å². The van der Waals surface area contributed by atoms with Crippen LogP contribution >= 0.6 is 0 Å². The van der Waals surface area contributed by atoms with Gasteiger partial charge in [-0.3, -0.25) is 10.1 Å². The fourth-order valence-electron chi connectivity index (χ4n) is 4.30. The number of anilines is 2. The molecular formula is C23H24N8O3. The number of pyridine rings is 1. The number of ether oxygens (including phenoxy) is 1. The minimum Gasteiger partial charge on any atom is -0.496 e. The molecule has 4 aromatic rings. The van der Waals surface area contributed by atoms with Crippen LogP contribution < -0.4 is 15.4 Å². The third-order valence-corrected chi connectivity index (χ3v) is 6.12. The van der Waals surface area contributed by atoms with E-state index in [-0.39, 0.29) is 16.6 Å². The maximum Gasteiger partial charge on any atom is 0.293 e. The molecule has 11 nitrogen and oxygen atoms in total. The number of rotatable bonds is 5. The Morgan fingerprint density at radius 1 is 1.09 bits per heavy atom. The van der Waals surface area contributed by atoms with Crippen molar-refractivity contribution in [3.63, 3.8) is 0 Å². The molecule has 0 radical (unpaired) electrons. The number of nitrogens with two attached hydrogens (primary N) is 1. The number of likely N-dealkylation sites (N-methyl/N-ethyl adjacent to an activating group) is 1. The summed E-state index contributed by atoms with van der Waals surface area (Å²) in [6.07, 6.45) is 5.10. The summed E-state index contributed by atoms with van der Waals surface area (Å²) in [5, 5.41) is 16.5. The van der Waals surface area contributed by atoms with Crippen LogP contribution in [-0.2, 0) is 0 Å². The number of methoxy groups -OCH3 is 1. The lowest BCUT2D eigenvalue weighted by atomic mass is 9.99. The van der Waals surface area contributed by atoms with Crippen molar-refractivity contribution in [1.29, 1.82) is 0 Å². The van der Waals surface area contributed by atoms with Gasteiger partial charge in [0.05, 0.1) is 29.4 Å². The zero-order valence-electron chi connectivity index (χ0n) is 18.9. The normalized spacial score (nSPS) is 14.5. The van der Waals surface area contributed by atoms with Crippen molar-refractivity contribution in [1.82, 2.24) is 24.5 Å². The molecule has 0 atom stereocenters. The predicted molar refractivity (Wildman–Crippen MR) is 129 cm³/mol. The molecule has 0 saturated carbocycles. The van der Waals surface area contributed by atoms with Gasteiger partial charge in [-0.15, -0.1) is 0 Å². The number of piperazine rings is 1. The summed E-state index contributed by atoms with van der Waals surface area (Å²) in [7, 11) is 3.59. The highest BCUT2D eigenvalue weighted by Crippen LogP contribution is 2.43. The van der Waals surface area contributed by atoms with Crippen molar-refractivity contribution >= 4 is 22.8 Å². The number of aromatic nitrogens is 4. The van der Waals surface area contributed by atoms with E-state index < -0.39 is 0 Å². The van der Waals surface area contributed by atoms with E-state index in [1.54, 1.807) is 30.1 Å². The summed E-state index contributed by atoms with van der Waals surface area (Å²) in [4.78, 5) is 24.6. The van der Waals surface area contributed by atoms with Gasteiger partial charge in [0.25, 0.3) is 5.69 Å². The second-order valence-electron chi connectivity index (χ2n) is 8.17. The van der Waals surface area contributed by atoms with E-state index in [9.17, 15) is 10.1 Å². The van der Waals surface area contributed by atoms with Crippen LogP contribution in [0, 0.1) is 10.1 Å². The van der Waals surface area contributed by atoms with Crippen LogP contribution in [0.2, 0.25) is 0 Å². The summed E-state index contributed by atoms with van der Waals surface area (Å²) < 4.78 is 7.44. The zero-order chi connectivity index (χ0) is 23.8. The van der Waals surface area contributed by atoms with E-state index in [2.05, 4.69) is 20.0 Å². The van der Waals surface area contributed by atoms with Gasteiger partial charge in [-0.2, -0.15) is 5.10 Å². The number of nitro benzene ring substituents is 1. The first kappa shape index (κ1) is 21.6. The fourth-order valence-corrected chi connectivity index (χ4v) is 4.30. The number of benzene rings is 1. The molecule has 4 heterocycles. The van der Waals surface area contributed by atoms with E-state index in [4.69, 9.17) is 10.5 Å². The van der Waals surface area contributed by atoms with Crippen molar-refractivity contribution in [3.05, 3.63) is 59.0 Å². The van der Waals surface area contributed by atoms with Gasteiger partial charge < -0.3 is 20.3 Å². The minimum atomic E-state index is -0.357. The maximum absolute atomic E-state index is 12.1. The molecule has 1 aliphatic rings. The highest BCUT2D eigenvalue weighted by atomic mass is 16.6. The molecular weight excluding hydrogens is 436 g/mol. The number of hydrogen-bond donors (Lipinski definition) is 1. The highest BCUT2D eigenvalue weighted by Gasteiger charge is 2.27.